The van der Waals surface area contributed by atoms with Crippen molar-refractivity contribution < 1.29 is 18.6 Å². The van der Waals surface area contributed by atoms with Gasteiger partial charge in [-0.1, -0.05) is 244 Å². The van der Waals surface area contributed by atoms with Gasteiger partial charge in [-0.2, -0.15) is 0 Å². The van der Waals surface area contributed by atoms with Crippen LogP contribution in [0.4, 0.5) is 0 Å². The Kier molecular flexibility index (Phi) is 27.4. The van der Waals surface area contributed by atoms with Crippen molar-refractivity contribution in [3.63, 3.8) is 0 Å². The summed E-state index contributed by atoms with van der Waals surface area (Å²) in [4.78, 5) is 0. The Balaban J connectivity index is 0.000000321. The summed E-state index contributed by atoms with van der Waals surface area (Å²) < 4.78 is 26.7. The van der Waals surface area contributed by atoms with Crippen molar-refractivity contribution in [1.82, 2.24) is 0 Å². The molecule has 0 amide bonds. The molecule has 2 fully saturated rings. The van der Waals surface area contributed by atoms with E-state index in [0.29, 0.717) is 0 Å². The lowest BCUT2D eigenvalue weighted by Gasteiger charge is -2.32. The molecule has 78 heavy (non-hydrogen) atoms. The van der Waals surface area contributed by atoms with Crippen LogP contribution in [0.1, 0.15) is 287 Å². The van der Waals surface area contributed by atoms with E-state index >= 15 is 0 Å². The molecule has 2 saturated heterocycles. The van der Waals surface area contributed by atoms with E-state index in [1.54, 1.807) is 11.1 Å². The minimum absolute atomic E-state index is 0.377. The molecule has 4 atom stereocenters. The zero-order valence-electron chi connectivity index (χ0n) is 53.7. The van der Waals surface area contributed by atoms with E-state index < -0.39 is 0 Å². The smallest absolute Gasteiger partial charge is 0.399 e. The van der Waals surface area contributed by atoms with E-state index in [1.807, 2.05) is 0 Å². The minimum atomic E-state index is -0.380. The number of aryl methyl sites for hydroxylation is 4. The highest BCUT2D eigenvalue weighted by Crippen LogP contribution is 2.40. The van der Waals surface area contributed by atoms with Gasteiger partial charge >= 0.3 is 14.2 Å². The van der Waals surface area contributed by atoms with E-state index in [-0.39, 0.29) is 36.6 Å². The van der Waals surface area contributed by atoms with Gasteiger partial charge in [0, 0.05) is 0 Å². The first-order chi connectivity index (χ1) is 37.3. The van der Waals surface area contributed by atoms with Gasteiger partial charge in [0.25, 0.3) is 0 Å². The predicted molar refractivity (Wildman–Crippen MR) is 344 cm³/mol. The first kappa shape index (κ1) is 66.2. The summed E-state index contributed by atoms with van der Waals surface area (Å²) in [5.41, 5.74) is 6.74. The standard InChI is InChI=1S/C42H70B2O4.C30H48/c1-13-17-21-31(19-15-3)23-25-33-27-35(43-45-39(5,6)40(7,8)46-43)30-38-34(26-24-32(20-16-4)22-18-14-2)28-36(29-37(33)38)44-47-41(9,10)42(11,12)48-44;1-5-9-15-25(13-7-3)21-23-27-17-11-20-30-28(18-12-19-29(27)30)24-22-26(14-8-4)16-10-6-2/h27-32H,13-26H2,1-12H3;11-12,17-20,25-26H,5-10,13-16,21-24H2,1-4H3. The Hall–Kier alpha value is -2.63. The predicted octanol–water partition coefficient (Wildman–Crippen LogP) is 20.4. The van der Waals surface area contributed by atoms with Crippen molar-refractivity contribution in [3.05, 3.63) is 82.9 Å². The number of hydrogen-bond acceptors (Lipinski definition) is 4. The first-order valence-corrected chi connectivity index (χ1v) is 33.1. The number of unbranched alkanes of at least 4 members (excludes halogenated alkanes) is 4. The van der Waals surface area contributed by atoms with E-state index in [1.165, 1.54) is 200 Å². The molecule has 0 N–H and O–H groups in total. The van der Waals surface area contributed by atoms with Gasteiger partial charge in [-0.15, -0.1) is 0 Å². The number of fused-ring (bicyclic) bond motifs is 2. The summed E-state index contributed by atoms with van der Waals surface area (Å²) in [7, 11) is -0.754. The maximum absolute atomic E-state index is 6.67. The monoisotopic (exact) mass is 1070 g/mol. The molecule has 0 aliphatic carbocycles. The molecule has 6 heteroatoms. The molecule has 2 heterocycles. The van der Waals surface area contributed by atoms with Crippen LogP contribution in [-0.4, -0.2) is 36.6 Å². The summed E-state index contributed by atoms with van der Waals surface area (Å²) in [6, 6.07) is 23.7. The molecule has 0 aromatic heterocycles. The van der Waals surface area contributed by atoms with Crippen molar-refractivity contribution in [1.29, 1.82) is 0 Å². The highest BCUT2D eigenvalue weighted by atomic mass is 16.7. The average Bonchev–Trinajstić information content (AvgIpc) is 3.82. The van der Waals surface area contributed by atoms with Crippen LogP contribution in [0, 0.1) is 23.7 Å². The van der Waals surface area contributed by atoms with Crippen molar-refractivity contribution >= 4 is 46.7 Å². The van der Waals surface area contributed by atoms with Gasteiger partial charge in [0.05, 0.1) is 22.4 Å². The van der Waals surface area contributed by atoms with Gasteiger partial charge in [-0.3, -0.25) is 0 Å². The molecule has 6 rings (SSSR count). The summed E-state index contributed by atoms with van der Waals surface area (Å²) in [5.74, 6) is 3.32. The summed E-state index contributed by atoms with van der Waals surface area (Å²) in [6.45, 7) is 35.9. The fraction of sp³-hybridized carbons (Fsp3) is 0.722. The third-order valence-electron chi connectivity index (χ3n) is 19.4. The lowest BCUT2D eigenvalue weighted by molar-refractivity contribution is 0.00578. The van der Waals surface area contributed by atoms with Crippen LogP contribution in [0.25, 0.3) is 21.5 Å². The Morgan fingerprint density at radius 1 is 0.308 bits per heavy atom. The number of rotatable bonds is 34. The van der Waals surface area contributed by atoms with E-state index in [4.69, 9.17) is 18.6 Å². The first-order valence-electron chi connectivity index (χ1n) is 33.1. The molecule has 0 saturated carbocycles. The summed E-state index contributed by atoms with van der Waals surface area (Å²) >= 11 is 0. The van der Waals surface area contributed by atoms with E-state index in [0.717, 1.165) is 47.4 Å². The second kappa shape index (κ2) is 32.3. The van der Waals surface area contributed by atoms with Crippen LogP contribution in [0.3, 0.4) is 0 Å². The van der Waals surface area contributed by atoms with E-state index in [9.17, 15) is 0 Å². The number of hydrogen-bond donors (Lipinski definition) is 0. The van der Waals surface area contributed by atoms with Gasteiger partial charge in [0.2, 0.25) is 0 Å². The van der Waals surface area contributed by atoms with Crippen molar-refractivity contribution in [2.45, 2.75) is 313 Å². The van der Waals surface area contributed by atoms with Crippen LogP contribution in [-0.2, 0) is 44.3 Å². The fourth-order valence-electron chi connectivity index (χ4n) is 13.0. The topological polar surface area (TPSA) is 36.9 Å². The molecular weight excluding hydrogens is 950 g/mol. The van der Waals surface area contributed by atoms with Crippen molar-refractivity contribution in [2.75, 3.05) is 0 Å². The molecule has 4 nitrogen and oxygen atoms in total. The zero-order valence-corrected chi connectivity index (χ0v) is 53.7. The van der Waals surface area contributed by atoms with Gasteiger partial charge in [-0.05, 0) is 185 Å². The van der Waals surface area contributed by atoms with Crippen molar-refractivity contribution in [2.24, 2.45) is 23.7 Å². The third kappa shape index (κ3) is 18.7. The highest BCUT2D eigenvalue weighted by Gasteiger charge is 2.53. The normalized spacial score (nSPS) is 18.1. The van der Waals surface area contributed by atoms with Crippen LogP contribution >= 0.6 is 0 Å². The SMILES string of the molecule is CCCCC(CCC)CCc1cc(B2OC(C)(C)C(C)(C)O2)cc2c(CCC(CCC)CCCC)cc(B3OC(C)(C)C(C)(C)O3)cc12.CCCCC(CCC)CCc1cccc2c(CCC(CCC)CCCC)cccc12. The largest absolute Gasteiger partial charge is 0.494 e. The lowest BCUT2D eigenvalue weighted by atomic mass is 9.72. The van der Waals surface area contributed by atoms with Gasteiger partial charge < -0.3 is 18.6 Å². The Bertz CT molecular complexity index is 2150. The molecule has 2 aliphatic heterocycles. The molecule has 2 aliphatic rings. The molecular formula is C72H118B2O4. The van der Waals surface area contributed by atoms with Gasteiger partial charge in [-0.25, -0.2) is 0 Å². The molecule has 0 radical (unpaired) electrons. The van der Waals surface area contributed by atoms with E-state index in [2.05, 4.69) is 171 Å². The van der Waals surface area contributed by atoms with Gasteiger partial charge in [0.1, 0.15) is 0 Å². The third-order valence-corrected chi connectivity index (χ3v) is 19.4. The molecule has 436 valence electrons. The fourth-order valence-corrected chi connectivity index (χ4v) is 13.0. The maximum Gasteiger partial charge on any atom is 0.494 e. The minimum Gasteiger partial charge on any atom is -0.399 e. The molecule has 0 spiro atoms. The molecule has 4 aromatic carbocycles. The second-order valence-electron chi connectivity index (χ2n) is 26.9. The number of benzene rings is 4. The Morgan fingerprint density at radius 3 is 0.833 bits per heavy atom. The zero-order chi connectivity index (χ0) is 56.9. The quantitative estimate of drug-likeness (QED) is 0.0437. The van der Waals surface area contributed by atoms with Crippen molar-refractivity contribution in [3.8, 4) is 0 Å². The lowest BCUT2D eigenvalue weighted by Crippen LogP contribution is -2.41. The van der Waals surface area contributed by atoms with Gasteiger partial charge in [0.15, 0.2) is 0 Å². The van der Waals surface area contributed by atoms with Crippen LogP contribution in [0.2, 0.25) is 0 Å². The average molecular weight is 1070 g/mol. The Morgan fingerprint density at radius 2 is 0.577 bits per heavy atom. The summed E-state index contributed by atoms with van der Waals surface area (Å²) in [6.07, 6.45) is 36.3. The molecule has 4 aromatic rings. The van der Waals surface area contributed by atoms with Crippen LogP contribution < -0.4 is 10.9 Å². The summed E-state index contributed by atoms with van der Waals surface area (Å²) in [5, 5.41) is 5.73. The highest BCUT2D eigenvalue weighted by molar-refractivity contribution is 6.63. The Labute approximate surface area is 482 Å². The molecule has 0 bridgehead atoms. The van der Waals surface area contributed by atoms with Crippen LogP contribution in [0.5, 0.6) is 0 Å². The maximum atomic E-state index is 6.67. The molecule has 4 unspecified atom stereocenters. The second-order valence-corrected chi connectivity index (χ2v) is 26.9. The van der Waals surface area contributed by atoms with Crippen LogP contribution in [0.15, 0.2) is 60.7 Å².